The van der Waals surface area contributed by atoms with Gasteiger partial charge in [-0.25, -0.2) is 0 Å². The highest BCUT2D eigenvalue weighted by molar-refractivity contribution is 5.91. The zero-order valence-corrected chi connectivity index (χ0v) is 27.4. The summed E-state index contributed by atoms with van der Waals surface area (Å²) < 4.78 is 10.8. The molecule has 2 unspecified atom stereocenters. The van der Waals surface area contributed by atoms with Crippen LogP contribution in [0.3, 0.4) is 0 Å². The fourth-order valence-corrected chi connectivity index (χ4v) is 5.54. The lowest BCUT2D eigenvalue weighted by Gasteiger charge is -2.24. The number of para-hydroxylation sites is 1. The summed E-state index contributed by atoms with van der Waals surface area (Å²) in [5, 5.41) is 7.05. The monoisotopic (exact) mass is 625 g/mol. The molecule has 0 spiro atoms. The van der Waals surface area contributed by atoms with Gasteiger partial charge in [0.2, 0.25) is 11.8 Å². The van der Waals surface area contributed by atoms with E-state index in [-0.39, 0.29) is 18.2 Å². The predicted octanol–water partition coefficient (Wildman–Crippen LogP) is 6.32. The summed E-state index contributed by atoms with van der Waals surface area (Å²) in [6.45, 7) is 5.87. The number of methoxy groups -OCH3 is 1. The predicted molar refractivity (Wildman–Crippen MR) is 182 cm³/mol. The first-order valence-corrected chi connectivity index (χ1v) is 16.1. The third kappa shape index (κ3) is 10.8. The minimum absolute atomic E-state index is 0.0545. The van der Waals surface area contributed by atoms with Gasteiger partial charge in [0.25, 0.3) is 0 Å². The van der Waals surface area contributed by atoms with Crippen molar-refractivity contribution in [3.63, 3.8) is 0 Å². The van der Waals surface area contributed by atoms with Gasteiger partial charge >= 0.3 is 5.97 Å². The van der Waals surface area contributed by atoms with Gasteiger partial charge in [0.15, 0.2) is 0 Å². The van der Waals surface area contributed by atoms with E-state index < -0.39 is 23.5 Å². The fourth-order valence-electron chi connectivity index (χ4n) is 5.54. The lowest BCUT2D eigenvalue weighted by molar-refractivity contribution is -0.157. The van der Waals surface area contributed by atoms with Gasteiger partial charge in [0.05, 0.1) is 13.5 Å². The van der Waals surface area contributed by atoms with Crippen LogP contribution in [0.15, 0.2) is 85.1 Å². The molecule has 0 saturated heterocycles. The van der Waals surface area contributed by atoms with E-state index in [1.54, 1.807) is 7.11 Å². The minimum atomic E-state index is -0.817. The Morgan fingerprint density at radius 2 is 1.52 bits per heavy atom. The van der Waals surface area contributed by atoms with Crippen LogP contribution in [-0.4, -0.2) is 48.1 Å². The molecule has 8 nitrogen and oxygen atoms in total. The van der Waals surface area contributed by atoms with E-state index in [1.165, 1.54) is 5.56 Å². The number of fused-ring (bicyclic) bond motifs is 1. The largest absolute Gasteiger partial charge is 0.497 e. The molecule has 244 valence electrons. The van der Waals surface area contributed by atoms with E-state index in [1.807, 2.05) is 106 Å². The van der Waals surface area contributed by atoms with E-state index in [0.717, 1.165) is 47.0 Å². The first kappa shape index (κ1) is 34.3. The molecule has 0 radical (unpaired) electrons. The quantitative estimate of drug-likeness (QED) is 0.0997. The van der Waals surface area contributed by atoms with Crippen LogP contribution >= 0.6 is 0 Å². The van der Waals surface area contributed by atoms with Crippen molar-refractivity contribution >= 4 is 28.7 Å². The molecule has 1 aromatic heterocycles. The number of aromatic amines is 1. The van der Waals surface area contributed by atoms with Gasteiger partial charge in [-0.2, -0.15) is 0 Å². The highest BCUT2D eigenvalue weighted by atomic mass is 16.6. The molecule has 4 rings (SSSR count). The number of ether oxygens (including phenoxy) is 2. The maximum absolute atomic E-state index is 13.9. The Kier molecular flexibility index (Phi) is 12.4. The highest BCUT2D eigenvalue weighted by Gasteiger charge is 2.29. The van der Waals surface area contributed by atoms with Gasteiger partial charge < -0.3 is 25.1 Å². The molecule has 3 N–H and O–H groups in total. The summed E-state index contributed by atoms with van der Waals surface area (Å²) in [7, 11) is 1.64. The summed E-state index contributed by atoms with van der Waals surface area (Å²) in [5.74, 6) is -0.829. The van der Waals surface area contributed by atoms with E-state index in [4.69, 9.17) is 9.47 Å². The Bertz CT molecular complexity index is 1560. The number of hydrogen-bond acceptors (Lipinski definition) is 5. The molecule has 4 aromatic rings. The zero-order chi connectivity index (χ0) is 32.9. The summed E-state index contributed by atoms with van der Waals surface area (Å²) >= 11 is 0. The van der Waals surface area contributed by atoms with Crippen molar-refractivity contribution in [3.8, 4) is 5.75 Å². The van der Waals surface area contributed by atoms with Crippen LogP contribution in [0.1, 0.15) is 63.1 Å². The summed E-state index contributed by atoms with van der Waals surface area (Å²) in [5.41, 5.74) is 3.53. The Balaban J connectivity index is 1.46. The number of aryl methyl sites for hydroxylation is 1. The minimum Gasteiger partial charge on any atom is -0.497 e. The number of nitrogens with one attached hydrogen (secondary N) is 3. The van der Waals surface area contributed by atoms with Crippen molar-refractivity contribution in [2.75, 3.05) is 13.7 Å². The number of carbonyl (C=O) groups excluding carboxylic acids is 3. The first-order valence-electron chi connectivity index (χ1n) is 16.1. The molecular weight excluding hydrogens is 578 g/mol. The number of esters is 1. The number of aromatic nitrogens is 1. The molecule has 0 aliphatic carbocycles. The smallest absolute Gasteiger partial charge is 0.307 e. The Morgan fingerprint density at radius 1 is 0.826 bits per heavy atom. The Hall–Kier alpha value is -4.59. The van der Waals surface area contributed by atoms with Crippen molar-refractivity contribution in [1.29, 1.82) is 0 Å². The molecule has 1 heterocycles. The van der Waals surface area contributed by atoms with Crippen LogP contribution in [0.5, 0.6) is 5.75 Å². The normalized spacial score (nSPS) is 12.7. The van der Waals surface area contributed by atoms with Crippen LogP contribution in [0.2, 0.25) is 0 Å². The van der Waals surface area contributed by atoms with Crippen molar-refractivity contribution in [3.05, 3.63) is 102 Å². The average Bonchev–Trinajstić information content (AvgIpc) is 3.44. The number of H-pyrrole nitrogens is 1. The number of amides is 2. The molecule has 2 amide bonds. The van der Waals surface area contributed by atoms with Gasteiger partial charge in [0.1, 0.15) is 17.4 Å². The Morgan fingerprint density at radius 3 is 2.24 bits per heavy atom. The van der Waals surface area contributed by atoms with Gasteiger partial charge in [0, 0.05) is 36.0 Å². The lowest BCUT2D eigenvalue weighted by atomic mass is 9.94. The maximum atomic E-state index is 13.9. The fraction of sp³-hybridized carbons (Fsp3) is 0.395. The number of benzene rings is 3. The molecule has 2 atom stereocenters. The van der Waals surface area contributed by atoms with Crippen LogP contribution in [-0.2, 0) is 38.4 Å². The molecule has 3 aromatic carbocycles. The van der Waals surface area contributed by atoms with Crippen LogP contribution in [0.25, 0.3) is 10.9 Å². The van der Waals surface area contributed by atoms with Crippen molar-refractivity contribution in [2.45, 2.75) is 77.4 Å². The second kappa shape index (κ2) is 16.6. The number of hydrogen-bond donors (Lipinski definition) is 3. The van der Waals surface area contributed by atoms with E-state index >= 15 is 0 Å². The number of unbranched alkanes of at least 4 members (excludes halogenated alkanes) is 1. The zero-order valence-electron chi connectivity index (χ0n) is 27.4. The average molecular weight is 626 g/mol. The van der Waals surface area contributed by atoms with Gasteiger partial charge in [-0.15, -0.1) is 0 Å². The van der Waals surface area contributed by atoms with Gasteiger partial charge in [-0.05, 0) is 81.3 Å². The van der Waals surface area contributed by atoms with Crippen molar-refractivity contribution < 1.29 is 23.9 Å². The summed E-state index contributed by atoms with van der Waals surface area (Å²) in [6, 6.07) is 25.0. The molecular formula is C38H47N3O5. The molecule has 0 fully saturated rings. The molecule has 0 bridgehead atoms. The van der Waals surface area contributed by atoms with E-state index in [0.29, 0.717) is 25.8 Å². The Labute approximate surface area is 272 Å². The number of rotatable bonds is 16. The second-order valence-electron chi connectivity index (χ2n) is 12.7. The lowest BCUT2D eigenvalue weighted by Crippen LogP contribution is -2.50. The summed E-state index contributed by atoms with van der Waals surface area (Å²) in [6.07, 6.45) is 5.75. The third-order valence-electron chi connectivity index (χ3n) is 7.92. The molecule has 0 saturated carbocycles. The van der Waals surface area contributed by atoms with Gasteiger partial charge in [-0.1, -0.05) is 67.1 Å². The summed E-state index contributed by atoms with van der Waals surface area (Å²) in [4.78, 5) is 43.6. The molecule has 46 heavy (non-hydrogen) atoms. The van der Waals surface area contributed by atoms with Crippen LogP contribution in [0.4, 0.5) is 0 Å². The van der Waals surface area contributed by atoms with E-state index in [9.17, 15) is 14.4 Å². The molecule has 0 aliphatic heterocycles. The topological polar surface area (TPSA) is 110 Å². The highest BCUT2D eigenvalue weighted by Crippen LogP contribution is 2.22. The van der Waals surface area contributed by atoms with Crippen LogP contribution < -0.4 is 15.4 Å². The SMILES string of the molecule is COc1ccc(CCCCC(CC(=O)OC(C)(C)C)C(=O)NC(Cc2c[nH]c3ccccc23)C(=O)NCCc2ccccc2)cc1. The van der Waals surface area contributed by atoms with Crippen molar-refractivity contribution in [2.24, 2.45) is 5.92 Å². The third-order valence-corrected chi connectivity index (χ3v) is 7.92. The number of carbonyl (C=O) groups is 3. The van der Waals surface area contributed by atoms with Crippen LogP contribution in [0, 0.1) is 5.92 Å². The van der Waals surface area contributed by atoms with Gasteiger partial charge in [-0.3, -0.25) is 14.4 Å². The second-order valence-corrected chi connectivity index (χ2v) is 12.7. The standard InChI is InChI=1S/C38H47N3O5/c1-38(2,3)46-35(42)25-29(15-9-8-14-28-18-20-31(45-4)21-19-28)36(43)41-34(24-30-26-40-33-17-11-10-16-32(30)33)37(44)39-23-22-27-12-6-5-7-13-27/h5-7,10-13,16-21,26,29,34,40H,8-9,14-15,22-25H2,1-4H3,(H,39,44)(H,41,43). The van der Waals surface area contributed by atoms with Crippen molar-refractivity contribution in [1.82, 2.24) is 15.6 Å². The van der Waals surface area contributed by atoms with E-state index in [2.05, 4.69) is 15.6 Å². The first-order chi connectivity index (χ1) is 22.1. The molecule has 0 aliphatic rings. The molecule has 8 heteroatoms. The maximum Gasteiger partial charge on any atom is 0.307 e.